The van der Waals surface area contributed by atoms with Crippen LogP contribution < -0.4 is 5.32 Å². The molecule has 2 aromatic rings. The number of nitrogens with one attached hydrogen (secondary N) is 1. The summed E-state index contributed by atoms with van der Waals surface area (Å²) in [4.78, 5) is 37.9. The highest BCUT2D eigenvalue weighted by Gasteiger charge is 2.35. The van der Waals surface area contributed by atoms with E-state index in [4.69, 9.17) is 0 Å². The van der Waals surface area contributed by atoms with Gasteiger partial charge >= 0.3 is 0 Å². The van der Waals surface area contributed by atoms with E-state index in [9.17, 15) is 14.4 Å². The fraction of sp³-hybridized carbons (Fsp3) is 0.353. The lowest BCUT2D eigenvalue weighted by molar-refractivity contribution is -0.116. The molecule has 2 heterocycles. The van der Waals surface area contributed by atoms with Gasteiger partial charge in [0.2, 0.25) is 11.0 Å². The Balaban J connectivity index is 1.57. The van der Waals surface area contributed by atoms with E-state index in [-0.39, 0.29) is 30.7 Å². The molecule has 0 saturated heterocycles. The zero-order valence-corrected chi connectivity index (χ0v) is 16.7. The van der Waals surface area contributed by atoms with Crippen molar-refractivity contribution in [3.05, 3.63) is 38.8 Å². The Morgan fingerprint density at radius 1 is 1.23 bits per heavy atom. The number of fused-ring (bicyclic) bond motifs is 1. The van der Waals surface area contributed by atoms with Gasteiger partial charge in [0.1, 0.15) is 5.01 Å². The molecule has 1 aliphatic rings. The monoisotopic (exact) mass is 436 g/mol. The summed E-state index contributed by atoms with van der Waals surface area (Å²) >= 11 is 4.62. The van der Waals surface area contributed by atoms with E-state index < -0.39 is 0 Å². The van der Waals surface area contributed by atoms with Gasteiger partial charge in [0.25, 0.3) is 11.8 Å². The number of amides is 3. The van der Waals surface area contributed by atoms with E-state index in [1.54, 1.807) is 18.2 Å². The first kappa shape index (κ1) is 18.7. The summed E-state index contributed by atoms with van der Waals surface area (Å²) in [6, 6.07) is 4.94. The Hall–Kier alpha value is -2.13. The highest BCUT2D eigenvalue weighted by molar-refractivity contribution is 9.10. The van der Waals surface area contributed by atoms with Gasteiger partial charge in [0, 0.05) is 23.9 Å². The predicted molar refractivity (Wildman–Crippen MR) is 101 cm³/mol. The lowest BCUT2D eigenvalue weighted by Crippen LogP contribution is -2.32. The van der Waals surface area contributed by atoms with Crippen LogP contribution in [0.25, 0.3) is 0 Å². The quantitative estimate of drug-likeness (QED) is 0.702. The van der Waals surface area contributed by atoms with E-state index in [1.807, 2.05) is 0 Å². The molecule has 0 saturated carbocycles. The summed E-state index contributed by atoms with van der Waals surface area (Å²) in [5.41, 5.74) is 0.716. The summed E-state index contributed by atoms with van der Waals surface area (Å²) in [5.74, 6) is -0.606. The fourth-order valence-corrected chi connectivity index (χ4v) is 3.93. The molecule has 0 radical (unpaired) electrons. The first-order valence-electron chi connectivity index (χ1n) is 8.13. The smallest absolute Gasteiger partial charge is 0.261 e. The van der Waals surface area contributed by atoms with Gasteiger partial charge < -0.3 is 5.32 Å². The van der Waals surface area contributed by atoms with Gasteiger partial charge in [-0.1, -0.05) is 41.1 Å². The van der Waals surface area contributed by atoms with Crippen molar-refractivity contribution in [1.29, 1.82) is 0 Å². The van der Waals surface area contributed by atoms with Crippen LogP contribution in [0, 0.1) is 5.92 Å². The van der Waals surface area contributed by atoms with Gasteiger partial charge in [-0.2, -0.15) is 0 Å². The topological polar surface area (TPSA) is 92.3 Å². The molecule has 0 bridgehead atoms. The van der Waals surface area contributed by atoms with E-state index in [0.29, 0.717) is 22.2 Å². The predicted octanol–water partition coefficient (Wildman–Crippen LogP) is 3.12. The second-order valence-electron chi connectivity index (χ2n) is 6.35. The number of imide groups is 1. The molecule has 136 valence electrons. The fourth-order valence-electron chi connectivity index (χ4n) is 2.60. The van der Waals surface area contributed by atoms with E-state index in [1.165, 1.54) is 11.3 Å². The zero-order chi connectivity index (χ0) is 18.8. The van der Waals surface area contributed by atoms with Crippen LogP contribution >= 0.6 is 27.3 Å². The maximum Gasteiger partial charge on any atom is 0.261 e. The van der Waals surface area contributed by atoms with Crippen LogP contribution in [0.5, 0.6) is 0 Å². The summed E-state index contributed by atoms with van der Waals surface area (Å²) in [5, 5.41) is 11.9. The highest BCUT2D eigenvalue weighted by Crippen LogP contribution is 2.26. The Kier molecular flexibility index (Phi) is 5.47. The van der Waals surface area contributed by atoms with Gasteiger partial charge in [-0.3, -0.25) is 19.3 Å². The number of carbonyl (C=O) groups is 3. The van der Waals surface area contributed by atoms with Crippen molar-refractivity contribution >= 4 is 50.1 Å². The summed E-state index contributed by atoms with van der Waals surface area (Å²) in [6.45, 7) is 4.19. The van der Waals surface area contributed by atoms with Crippen molar-refractivity contribution < 1.29 is 14.4 Å². The standard InChI is InChI=1S/C17H17BrN4O3S/c1-9(2)7-14-20-21-17(26-14)19-13(23)5-6-22-15(24)11-4-3-10(18)8-12(11)16(22)25/h3-4,8-9H,5-7H2,1-2H3,(H,19,21,23). The number of nitrogens with zero attached hydrogens (tertiary/aromatic N) is 3. The number of rotatable bonds is 6. The normalized spacial score (nSPS) is 13.5. The third-order valence-electron chi connectivity index (χ3n) is 3.79. The van der Waals surface area contributed by atoms with Gasteiger partial charge in [0.15, 0.2) is 0 Å². The summed E-state index contributed by atoms with van der Waals surface area (Å²) in [6.07, 6.45) is 0.809. The second kappa shape index (κ2) is 7.63. The van der Waals surface area contributed by atoms with Crippen LogP contribution in [-0.2, 0) is 11.2 Å². The van der Waals surface area contributed by atoms with Crippen molar-refractivity contribution in [2.45, 2.75) is 26.7 Å². The molecule has 3 amide bonds. The average Bonchev–Trinajstić information content (AvgIpc) is 3.08. The van der Waals surface area contributed by atoms with Crippen molar-refractivity contribution in [1.82, 2.24) is 15.1 Å². The lowest BCUT2D eigenvalue weighted by Gasteiger charge is -2.12. The first-order valence-corrected chi connectivity index (χ1v) is 9.74. The molecule has 0 unspecified atom stereocenters. The number of anilines is 1. The maximum atomic E-state index is 12.4. The van der Waals surface area contributed by atoms with Gasteiger partial charge in [-0.05, 0) is 24.1 Å². The molecule has 3 rings (SSSR count). The van der Waals surface area contributed by atoms with Crippen molar-refractivity contribution in [3.63, 3.8) is 0 Å². The Morgan fingerprint density at radius 2 is 1.96 bits per heavy atom. The number of hydrogen-bond donors (Lipinski definition) is 1. The Bertz CT molecular complexity index is 881. The highest BCUT2D eigenvalue weighted by atomic mass is 79.9. The number of halogens is 1. The van der Waals surface area contributed by atoms with Crippen LogP contribution in [0.3, 0.4) is 0 Å². The SMILES string of the molecule is CC(C)Cc1nnc(NC(=O)CCN2C(=O)c3ccc(Br)cc3C2=O)s1. The molecule has 0 atom stereocenters. The molecule has 1 aromatic carbocycles. The number of hydrogen-bond acceptors (Lipinski definition) is 6. The van der Waals surface area contributed by atoms with Crippen molar-refractivity contribution in [2.75, 3.05) is 11.9 Å². The Morgan fingerprint density at radius 3 is 2.69 bits per heavy atom. The minimum Gasteiger partial charge on any atom is -0.300 e. The number of carbonyl (C=O) groups excluding carboxylic acids is 3. The summed E-state index contributed by atoms with van der Waals surface area (Å²) in [7, 11) is 0. The van der Waals surface area contributed by atoms with E-state index in [2.05, 4.69) is 45.3 Å². The molecular formula is C17H17BrN4O3S. The molecule has 1 N–H and O–H groups in total. The number of benzene rings is 1. The largest absolute Gasteiger partial charge is 0.300 e. The minimum atomic E-state index is -0.380. The third-order valence-corrected chi connectivity index (χ3v) is 5.15. The van der Waals surface area contributed by atoms with Crippen molar-refractivity contribution in [3.8, 4) is 0 Å². The molecule has 1 aromatic heterocycles. The van der Waals surface area contributed by atoms with Crippen LogP contribution in [-0.4, -0.2) is 39.4 Å². The molecule has 0 aliphatic carbocycles. The second-order valence-corrected chi connectivity index (χ2v) is 8.33. The molecule has 0 spiro atoms. The van der Waals surface area contributed by atoms with Crippen LogP contribution in [0.15, 0.2) is 22.7 Å². The molecule has 1 aliphatic heterocycles. The molecule has 26 heavy (non-hydrogen) atoms. The maximum absolute atomic E-state index is 12.4. The lowest BCUT2D eigenvalue weighted by atomic mass is 10.1. The average molecular weight is 437 g/mol. The summed E-state index contributed by atoms with van der Waals surface area (Å²) < 4.78 is 0.727. The molecule has 0 fully saturated rings. The minimum absolute atomic E-state index is 0.00569. The first-order chi connectivity index (χ1) is 12.3. The van der Waals surface area contributed by atoms with Gasteiger partial charge in [-0.15, -0.1) is 10.2 Å². The number of aromatic nitrogens is 2. The van der Waals surface area contributed by atoms with E-state index >= 15 is 0 Å². The van der Waals surface area contributed by atoms with Crippen LogP contribution in [0.2, 0.25) is 0 Å². The van der Waals surface area contributed by atoms with Crippen molar-refractivity contribution in [2.24, 2.45) is 5.92 Å². The molecular weight excluding hydrogens is 420 g/mol. The van der Waals surface area contributed by atoms with Crippen LogP contribution in [0.4, 0.5) is 5.13 Å². The van der Waals surface area contributed by atoms with Gasteiger partial charge in [-0.25, -0.2) is 0 Å². The Labute approximate surface area is 162 Å². The third kappa shape index (κ3) is 3.99. The van der Waals surface area contributed by atoms with Crippen LogP contribution in [0.1, 0.15) is 46.0 Å². The zero-order valence-electron chi connectivity index (χ0n) is 14.3. The molecule has 7 nitrogen and oxygen atoms in total. The molecule has 9 heteroatoms. The van der Waals surface area contributed by atoms with E-state index in [0.717, 1.165) is 20.8 Å². The van der Waals surface area contributed by atoms with Gasteiger partial charge in [0.05, 0.1) is 11.1 Å².